The lowest BCUT2D eigenvalue weighted by Crippen LogP contribution is -2.20. The summed E-state index contributed by atoms with van der Waals surface area (Å²) in [4.78, 5) is 14.7. The number of alkyl halides is 1. The zero-order valence-electron chi connectivity index (χ0n) is 11.5. The van der Waals surface area contributed by atoms with Crippen LogP contribution in [0, 0.1) is 0 Å². The normalized spacial score (nSPS) is 15.6. The van der Waals surface area contributed by atoms with Crippen molar-refractivity contribution in [2.45, 2.75) is 25.1 Å². The summed E-state index contributed by atoms with van der Waals surface area (Å²) in [6.45, 7) is 2.14. The number of hydrogen-bond donors (Lipinski definition) is 0. The fraction of sp³-hybridized carbons (Fsp3) is 0.312. The maximum absolute atomic E-state index is 11.7. The van der Waals surface area contributed by atoms with Crippen molar-refractivity contribution >= 4 is 34.5 Å². The maximum Gasteiger partial charge on any atom is 0.231 e. The fourth-order valence-electron chi connectivity index (χ4n) is 2.66. The molecule has 2 aromatic rings. The van der Waals surface area contributed by atoms with Gasteiger partial charge in [0.05, 0.1) is 11.8 Å². The van der Waals surface area contributed by atoms with Gasteiger partial charge in [0.2, 0.25) is 5.91 Å². The van der Waals surface area contributed by atoms with Gasteiger partial charge in [-0.2, -0.15) is 0 Å². The van der Waals surface area contributed by atoms with Crippen LogP contribution in [0.5, 0.6) is 0 Å². The highest BCUT2D eigenvalue weighted by molar-refractivity contribution is 7.10. The first-order chi connectivity index (χ1) is 9.61. The van der Waals surface area contributed by atoms with E-state index in [0.29, 0.717) is 6.42 Å². The van der Waals surface area contributed by atoms with Crippen molar-refractivity contribution in [2.75, 3.05) is 11.9 Å². The van der Waals surface area contributed by atoms with Crippen molar-refractivity contribution in [3.63, 3.8) is 0 Å². The van der Waals surface area contributed by atoms with E-state index in [0.717, 1.165) is 23.2 Å². The van der Waals surface area contributed by atoms with E-state index in [2.05, 4.69) is 24.4 Å². The second kappa shape index (κ2) is 5.23. The van der Waals surface area contributed by atoms with Crippen LogP contribution in [0.4, 0.5) is 5.69 Å². The van der Waals surface area contributed by atoms with Gasteiger partial charge in [0.25, 0.3) is 0 Å². The first kappa shape index (κ1) is 13.7. The van der Waals surface area contributed by atoms with Gasteiger partial charge in [-0.1, -0.05) is 19.1 Å². The topological polar surface area (TPSA) is 20.3 Å². The molecule has 3 rings (SSSR count). The van der Waals surface area contributed by atoms with Gasteiger partial charge in [-0.05, 0) is 40.6 Å². The summed E-state index contributed by atoms with van der Waals surface area (Å²) in [5.41, 5.74) is 4.47. The molecule has 0 saturated heterocycles. The maximum atomic E-state index is 11.7. The van der Waals surface area contributed by atoms with Crippen molar-refractivity contribution in [1.29, 1.82) is 0 Å². The van der Waals surface area contributed by atoms with Crippen LogP contribution in [0.1, 0.15) is 33.9 Å². The molecule has 1 aliphatic heterocycles. The van der Waals surface area contributed by atoms with Crippen LogP contribution in [0.3, 0.4) is 0 Å². The molecular weight excluding hydrogens is 290 g/mol. The van der Waals surface area contributed by atoms with E-state index in [1.807, 2.05) is 19.2 Å². The number of fused-ring (bicyclic) bond motifs is 1. The van der Waals surface area contributed by atoms with Crippen LogP contribution in [0.25, 0.3) is 0 Å². The Morgan fingerprint density at radius 1 is 1.40 bits per heavy atom. The lowest BCUT2D eigenvalue weighted by Gasteiger charge is -2.14. The molecule has 1 aliphatic rings. The zero-order chi connectivity index (χ0) is 14.3. The summed E-state index contributed by atoms with van der Waals surface area (Å²) in [5.74, 6) is 0.147. The fourth-order valence-corrected chi connectivity index (χ4v) is 4.09. The summed E-state index contributed by atoms with van der Waals surface area (Å²) < 4.78 is 0. The summed E-state index contributed by atoms with van der Waals surface area (Å²) in [6, 6.07) is 8.25. The molecule has 0 fully saturated rings. The second-order valence-electron chi connectivity index (χ2n) is 5.04. The van der Waals surface area contributed by atoms with Crippen molar-refractivity contribution < 1.29 is 4.79 Å². The van der Waals surface area contributed by atoms with Gasteiger partial charge in [-0.15, -0.1) is 22.9 Å². The van der Waals surface area contributed by atoms with Crippen LogP contribution >= 0.6 is 22.9 Å². The van der Waals surface area contributed by atoms with Crippen LogP contribution < -0.4 is 4.90 Å². The Morgan fingerprint density at radius 3 is 2.95 bits per heavy atom. The number of hydrogen-bond acceptors (Lipinski definition) is 2. The quantitative estimate of drug-likeness (QED) is 0.780. The smallest absolute Gasteiger partial charge is 0.231 e. The standard InChI is InChI=1S/C16H16ClNOS/c1-3-10-6-7-20-16(10)15(17)11-4-5-13-12(8-11)9-14(19)18(13)2/h4-8,15H,3,9H2,1-2H3. The minimum Gasteiger partial charge on any atom is -0.315 e. The molecule has 1 atom stereocenters. The monoisotopic (exact) mass is 305 g/mol. The third-order valence-corrected chi connectivity index (χ3v) is 5.49. The Hall–Kier alpha value is -1.32. The van der Waals surface area contributed by atoms with Crippen LogP contribution in [0.15, 0.2) is 29.6 Å². The Kier molecular flexibility index (Phi) is 3.57. The van der Waals surface area contributed by atoms with Crippen molar-refractivity contribution in [2.24, 2.45) is 0 Å². The average Bonchev–Trinajstić information content (AvgIpc) is 3.03. The number of halogens is 1. The van der Waals surface area contributed by atoms with Gasteiger partial charge in [-0.3, -0.25) is 4.79 Å². The average molecular weight is 306 g/mol. The predicted molar refractivity (Wildman–Crippen MR) is 84.9 cm³/mol. The minimum absolute atomic E-state index is 0.128. The minimum atomic E-state index is -0.128. The third kappa shape index (κ3) is 2.15. The molecule has 0 aliphatic carbocycles. The van der Waals surface area contributed by atoms with E-state index in [1.54, 1.807) is 16.2 Å². The molecule has 0 spiro atoms. The summed E-state index contributed by atoms with van der Waals surface area (Å²) >= 11 is 8.35. The summed E-state index contributed by atoms with van der Waals surface area (Å²) in [6.07, 6.45) is 1.47. The molecule has 1 unspecified atom stereocenters. The van der Waals surface area contributed by atoms with E-state index in [-0.39, 0.29) is 11.3 Å². The highest BCUT2D eigenvalue weighted by Crippen LogP contribution is 2.38. The molecule has 1 aromatic heterocycles. The number of carbonyl (C=O) groups excluding carboxylic acids is 1. The number of anilines is 1. The van der Waals surface area contributed by atoms with Gasteiger partial charge in [0.1, 0.15) is 0 Å². The second-order valence-corrected chi connectivity index (χ2v) is 6.43. The molecular formula is C16H16ClNOS. The van der Waals surface area contributed by atoms with E-state index in [4.69, 9.17) is 11.6 Å². The van der Waals surface area contributed by atoms with E-state index in [9.17, 15) is 4.79 Å². The molecule has 1 aromatic carbocycles. The van der Waals surface area contributed by atoms with Gasteiger partial charge in [0, 0.05) is 17.6 Å². The molecule has 1 amide bonds. The van der Waals surface area contributed by atoms with Gasteiger partial charge < -0.3 is 4.90 Å². The molecule has 0 N–H and O–H groups in total. The number of aryl methyl sites for hydroxylation is 1. The molecule has 4 heteroatoms. The largest absolute Gasteiger partial charge is 0.315 e. The predicted octanol–water partition coefficient (Wildman–Crippen LogP) is 4.16. The first-order valence-corrected chi connectivity index (χ1v) is 8.03. The lowest BCUT2D eigenvalue weighted by atomic mass is 10.0. The number of likely N-dealkylation sites (N-methyl/N-ethyl adjacent to an activating group) is 1. The SMILES string of the molecule is CCc1ccsc1C(Cl)c1ccc2c(c1)CC(=O)N2C. The number of benzene rings is 1. The van der Waals surface area contributed by atoms with Crippen molar-refractivity contribution in [3.05, 3.63) is 51.2 Å². The molecule has 0 bridgehead atoms. The van der Waals surface area contributed by atoms with E-state index >= 15 is 0 Å². The summed E-state index contributed by atoms with van der Waals surface area (Å²) in [7, 11) is 1.82. The molecule has 20 heavy (non-hydrogen) atoms. The lowest BCUT2D eigenvalue weighted by molar-refractivity contribution is -0.117. The molecule has 0 saturated carbocycles. The zero-order valence-corrected chi connectivity index (χ0v) is 13.1. The Balaban J connectivity index is 1.96. The van der Waals surface area contributed by atoms with E-state index < -0.39 is 0 Å². The Morgan fingerprint density at radius 2 is 2.20 bits per heavy atom. The molecule has 0 radical (unpaired) electrons. The van der Waals surface area contributed by atoms with Gasteiger partial charge in [-0.25, -0.2) is 0 Å². The Labute approximate surface area is 128 Å². The molecule has 2 heterocycles. The van der Waals surface area contributed by atoms with Crippen LogP contribution in [0.2, 0.25) is 0 Å². The third-order valence-electron chi connectivity index (χ3n) is 3.87. The highest BCUT2D eigenvalue weighted by atomic mass is 35.5. The first-order valence-electron chi connectivity index (χ1n) is 6.71. The Bertz CT molecular complexity index is 664. The van der Waals surface area contributed by atoms with Gasteiger partial charge >= 0.3 is 0 Å². The number of rotatable bonds is 3. The number of thiophene rings is 1. The van der Waals surface area contributed by atoms with Crippen molar-refractivity contribution in [3.8, 4) is 0 Å². The summed E-state index contributed by atoms with van der Waals surface area (Å²) in [5, 5.41) is 1.96. The number of carbonyl (C=O) groups is 1. The van der Waals surface area contributed by atoms with Crippen LogP contribution in [-0.2, 0) is 17.6 Å². The van der Waals surface area contributed by atoms with Crippen molar-refractivity contribution in [1.82, 2.24) is 0 Å². The highest BCUT2D eigenvalue weighted by Gasteiger charge is 2.25. The van der Waals surface area contributed by atoms with Crippen LogP contribution in [-0.4, -0.2) is 13.0 Å². The van der Waals surface area contributed by atoms with Gasteiger partial charge in [0.15, 0.2) is 0 Å². The molecule has 2 nitrogen and oxygen atoms in total. The molecule has 104 valence electrons. The van der Waals surface area contributed by atoms with E-state index in [1.165, 1.54) is 10.4 Å². The number of amides is 1. The number of nitrogens with zero attached hydrogens (tertiary/aromatic N) is 1.